The molecule has 0 spiro atoms. The number of hydrogen-bond acceptors (Lipinski definition) is 3. The summed E-state index contributed by atoms with van der Waals surface area (Å²) < 4.78 is 12.8. The summed E-state index contributed by atoms with van der Waals surface area (Å²) >= 11 is 4.56. The van der Waals surface area contributed by atoms with Gasteiger partial charge in [0.15, 0.2) is 0 Å². The highest BCUT2D eigenvalue weighted by molar-refractivity contribution is 14.1. The van der Waals surface area contributed by atoms with E-state index in [0.717, 1.165) is 39.4 Å². The summed E-state index contributed by atoms with van der Waals surface area (Å²) in [6.07, 6.45) is 3.00. The molecular formula is C10H12I2O3. The van der Waals surface area contributed by atoms with Gasteiger partial charge in [-0.15, -0.1) is 0 Å². The van der Waals surface area contributed by atoms with Gasteiger partial charge in [-0.1, -0.05) is 45.2 Å². The van der Waals surface area contributed by atoms with E-state index in [-0.39, 0.29) is 12.1 Å². The zero-order valence-electron chi connectivity index (χ0n) is 8.17. The van der Waals surface area contributed by atoms with Gasteiger partial charge in [-0.05, 0) is 6.42 Å². The standard InChI is InChI=1S/C10H12I2O3/c11-4-6-1-2-9(14-6)8-3-7(5-12)15-10(8)13/h6-7H,1-5H2/b9-8-. The van der Waals surface area contributed by atoms with E-state index >= 15 is 0 Å². The lowest BCUT2D eigenvalue weighted by molar-refractivity contribution is -0.138. The van der Waals surface area contributed by atoms with Crippen LogP contribution in [0.4, 0.5) is 0 Å². The summed E-state index contributed by atoms with van der Waals surface area (Å²) in [6.45, 7) is 0. The van der Waals surface area contributed by atoms with Gasteiger partial charge in [0, 0.05) is 21.7 Å². The quantitative estimate of drug-likeness (QED) is 0.290. The Hall–Kier alpha value is 0.470. The number of cyclic esters (lactones) is 1. The molecule has 0 amide bonds. The van der Waals surface area contributed by atoms with Crippen LogP contribution in [0.25, 0.3) is 0 Å². The number of carbonyl (C=O) groups excluding carboxylic acids is 1. The number of ether oxygens (including phenoxy) is 2. The summed E-state index contributed by atoms with van der Waals surface area (Å²) in [5.41, 5.74) is 0.781. The minimum absolute atomic E-state index is 0.0582. The second kappa shape index (κ2) is 5.20. The number of alkyl halides is 2. The molecule has 5 heteroatoms. The van der Waals surface area contributed by atoms with Crippen LogP contribution in [0.3, 0.4) is 0 Å². The molecule has 3 nitrogen and oxygen atoms in total. The molecule has 0 N–H and O–H groups in total. The molecule has 15 heavy (non-hydrogen) atoms. The smallest absolute Gasteiger partial charge is 0.337 e. The van der Waals surface area contributed by atoms with E-state index in [9.17, 15) is 4.79 Å². The third kappa shape index (κ3) is 2.59. The Balaban J connectivity index is 2.10. The molecule has 2 saturated heterocycles. The van der Waals surface area contributed by atoms with Gasteiger partial charge in [0.05, 0.1) is 5.57 Å². The molecule has 2 unspecified atom stereocenters. The van der Waals surface area contributed by atoms with Crippen molar-refractivity contribution in [2.75, 3.05) is 8.86 Å². The van der Waals surface area contributed by atoms with E-state index in [0.29, 0.717) is 6.10 Å². The third-order valence-electron chi connectivity index (χ3n) is 2.63. The molecule has 2 heterocycles. The molecule has 84 valence electrons. The Morgan fingerprint density at radius 2 is 1.93 bits per heavy atom. The molecule has 0 saturated carbocycles. The van der Waals surface area contributed by atoms with Gasteiger partial charge in [-0.2, -0.15) is 0 Å². The van der Waals surface area contributed by atoms with Gasteiger partial charge in [-0.3, -0.25) is 0 Å². The molecule has 2 rings (SSSR count). The van der Waals surface area contributed by atoms with Crippen molar-refractivity contribution in [2.45, 2.75) is 31.5 Å². The van der Waals surface area contributed by atoms with Crippen LogP contribution >= 0.6 is 45.2 Å². The van der Waals surface area contributed by atoms with Crippen LogP contribution in [0.15, 0.2) is 11.3 Å². The molecule has 0 aromatic heterocycles. The molecule has 0 aromatic rings. The maximum absolute atomic E-state index is 11.6. The number of esters is 1. The summed E-state index contributed by atoms with van der Waals surface area (Å²) in [6, 6.07) is 0. The van der Waals surface area contributed by atoms with E-state index in [4.69, 9.17) is 9.47 Å². The van der Waals surface area contributed by atoms with Crippen molar-refractivity contribution in [3.63, 3.8) is 0 Å². The zero-order valence-corrected chi connectivity index (χ0v) is 12.5. The van der Waals surface area contributed by atoms with Gasteiger partial charge in [0.2, 0.25) is 0 Å². The summed E-state index contributed by atoms with van der Waals surface area (Å²) in [5, 5.41) is 0. The number of carbonyl (C=O) groups is 1. The first kappa shape index (κ1) is 11.9. The molecular weight excluding hydrogens is 422 g/mol. The Bertz CT molecular complexity index is 301. The van der Waals surface area contributed by atoms with Gasteiger partial charge >= 0.3 is 5.97 Å². The molecule has 0 bridgehead atoms. The van der Waals surface area contributed by atoms with E-state index in [2.05, 4.69) is 45.2 Å². The summed E-state index contributed by atoms with van der Waals surface area (Å²) in [5.74, 6) is 0.717. The Kier molecular flexibility index (Phi) is 4.14. The van der Waals surface area contributed by atoms with Gasteiger partial charge in [0.25, 0.3) is 0 Å². The van der Waals surface area contributed by atoms with Gasteiger partial charge < -0.3 is 9.47 Å². The highest BCUT2D eigenvalue weighted by Crippen LogP contribution is 2.33. The monoisotopic (exact) mass is 434 g/mol. The van der Waals surface area contributed by atoms with Crippen LogP contribution < -0.4 is 0 Å². The Morgan fingerprint density at radius 3 is 2.47 bits per heavy atom. The largest absolute Gasteiger partial charge is 0.493 e. The van der Waals surface area contributed by atoms with Crippen molar-refractivity contribution in [1.29, 1.82) is 0 Å². The van der Waals surface area contributed by atoms with Crippen molar-refractivity contribution in [3.8, 4) is 0 Å². The molecule has 0 aromatic carbocycles. The molecule has 0 aliphatic carbocycles. The maximum Gasteiger partial charge on any atom is 0.337 e. The van der Waals surface area contributed by atoms with E-state index in [1.807, 2.05) is 0 Å². The van der Waals surface area contributed by atoms with Crippen LogP contribution in [0, 0.1) is 0 Å². The highest BCUT2D eigenvalue weighted by Gasteiger charge is 2.34. The Labute approximate surface area is 116 Å². The van der Waals surface area contributed by atoms with Crippen molar-refractivity contribution in [1.82, 2.24) is 0 Å². The van der Waals surface area contributed by atoms with Crippen LogP contribution in [-0.4, -0.2) is 27.0 Å². The number of halogens is 2. The van der Waals surface area contributed by atoms with Crippen LogP contribution in [0.2, 0.25) is 0 Å². The van der Waals surface area contributed by atoms with Gasteiger partial charge in [-0.25, -0.2) is 4.79 Å². The topological polar surface area (TPSA) is 35.5 Å². The van der Waals surface area contributed by atoms with E-state index in [1.54, 1.807) is 0 Å². The molecule has 2 atom stereocenters. The average molecular weight is 434 g/mol. The summed E-state index contributed by atoms with van der Waals surface area (Å²) in [7, 11) is 0. The normalized spacial score (nSPS) is 35.5. The fourth-order valence-corrected chi connectivity index (χ4v) is 2.94. The molecule has 2 aliphatic rings. The second-order valence-corrected chi connectivity index (χ2v) is 5.48. The Morgan fingerprint density at radius 1 is 1.20 bits per heavy atom. The first-order valence-corrected chi connectivity index (χ1v) is 8.01. The third-order valence-corrected chi connectivity index (χ3v) is 4.60. The molecule has 2 aliphatic heterocycles. The first-order valence-electron chi connectivity index (χ1n) is 4.96. The second-order valence-electron chi connectivity index (χ2n) is 3.72. The predicted molar refractivity (Wildman–Crippen MR) is 73.4 cm³/mol. The van der Waals surface area contributed by atoms with Crippen molar-refractivity contribution < 1.29 is 14.3 Å². The first-order chi connectivity index (χ1) is 7.24. The van der Waals surface area contributed by atoms with Crippen molar-refractivity contribution >= 4 is 51.2 Å². The van der Waals surface area contributed by atoms with Crippen LogP contribution in [-0.2, 0) is 14.3 Å². The van der Waals surface area contributed by atoms with Crippen LogP contribution in [0.5, 0.6) is 0 Å². The summed E-state index contributed by atoms with van der Waals surface area (Å²) in [4.78, 5) is 11.6. The fraction of sp³-hybridized carbons (Fsp3) is 0.700. The number of hydrogen-bond donors (Lipinski definition) is 0. The minimum atomic E-state index is -0.166. The van der Waals surface area contributed by atoms with E-state index < -0.39 is 0 Å². The predicted octanol–water partition coefficient (Wildman–Crippen LogP) is 2.61. The van der Waals surface area contributed by atoms with E-state index in [1.165, 1.54) is 0 Å². The maximum atomic E-state index is 11.6. The van der Waals surface area contributed by atoms with Gasteiger partial charge in [0.1, 0.15) is 18.0 Å². The lowest BCUT2D eigenvalue weighted by Gasteiger charge is -2.06. The lowest BCUT2D eigenvalue weighted by Crippen LogP contribution is -2.07. The molecule has 0 radical (unpaired) electrons. The fourth-order valence-electron chi connectivity index (χ4n) is 1.83. The number of allylic oxidation sites excluding steroid dienone is 1. The van der Waals surface area contributed by atoms with Crippen molar-refractivity contribution in [3.05, 3.63) is 11.3 Å². The van der Waals surface area contributed by atoms with Crippen molar-refractivity contribution in [2.24, 2.45) is 0 Å². The average Bonchev–Trinajstić information content (AvgIpc) is 2.83. The minimum Gasteiger partial charge on any atom is -0.493 e. The lowest BCUT2D eigenvalue weighted by atomic mass is 10.1. The zero-order chi connectivity index (χ0) is 10.8. The highest BCUT2D eigenvalue weighted by atomic mass is 127. The van der Waals surface area contributed by atoms with Crippen LogP contribution in [0.1, 0.15) is 19.3 Å². The molecule has 2 fully saturated rings. The SMILES string of the molecule is O=C1OC(CI)C/C1=C1\CCC(CI)O1. The number of rotatable bonds is 2.